The minimum Gasteiger partial charge on any atom is -0.416 e. The smallest absolute Gasteiger partial charge is 0.191 e. The van der Waals surface area contributed by atoms with E-state index in [1.807, 2.05) is 0 Å². The second-order valence-electron chi connectivity index (χ2n) is 5.94. The van der Waals surface area contributed by atoms with Gasteiger partial charge in [-0.1, -0.05) is 20.8 Å². The van der Waals surface area contributed by atoms with E-state index < -0.39 is 8.32 Å². The van der Waals surface area contributed by atoms with Crippen molar-refractivity contribution in [2.45, 2.75) is 45.3 Å². The minimum absolute atomic E-state index is 0.182. The number of halogens is 2. The monoisotopic (exact) mass is 333 g/mol. The lowest BCUT2D eigenvalue weighted by Crippen LogP contribution is -2.41. The minimum atomic E-state index is -1.75. The molecule has 1 heterocycles. The van der Waals surface area contributed by atoms with E-state index in [4.69, 9.17) is 4.43 Å². The second-order valence-corrected chi connectivity index (χ2v) is 11.6. The molecule has 0 aliphatic rings. The second kappa shape index (κ2) is 5.80. The van der Waals surface area contributed by atoms with Crippen molar-refractivity contribution in [2.24, 2.45) is 0 Å². The van der Waals surface area contributed by atoms with E-state index in [1.165, 1.54) is 6.20 Å². The summed E-state index contributed by atoms with van der Waals surface area (Å²) in [6, 6.07) is 0. The van der Waals surface area contributed by atoms with Gasteiger partial charge >= 0.3 is 0 Å². The zero-order chi connectivity index (χ0) is 14.0. The Kier molecular flexibility index (Phi) is 5.09. The maximum absolute atomic E-state index is 13.6. The summed E-state index contributed by atoms with van der Waals surface area (Å²) in [6.07, 6.45) is 3.43. The largest absolute Gasteiger partial charge is 0.416 e. The lowest BCUT2D eigenvalue weighted by molar-refractivity contribution is 0.290. The zero-order valence-electron chi connectivity index (χ0n) is 11.7. The van der Waals surface area contributed by atoms with Crippen LogP contribution in [-0.2, 0) is 10.8 Å². The summed E-state index contributed by atoms with van der Waals surface area (Å²) >= 11 is 3.32. The first-order chi connectivity index (χ1) is 8.15. The van der Waals surface area contributed by atoms with Gasteiger partial charge in [0.15, 0.2) is 8.32 Å². The van der Waals surface area contributed by atoms with Gasteiger partial charge in [0.1, 0.15) is 5.82 Å². The van der Waals surface area contributed by atoms with Gasteiger partial charge in [-0.25, -0.2) is 4.39 Å². The number of hydrogen-bond acceptors (Lipinski definition) is 2. The van der Waals surface area contributed by atoms with Crippen LogP contribution in [0.5, 0.6) is 0 Å². The van der Waals surface area contributed by atoms with Gasteiger partial charge in [-0.3, -0.25) is 4.98 Å². The Labute approximate surface area is 118 Å². The summed E-state index contributed by atoms with van der Waals surface area (Å²) in [5, 5.41) is 0.182. The summed E-state index contributed by atoms with van der Waals surface area (Å²) in [7, 11) is -1.75. The van der Waals surface area contributed by atoms with Crippen LogP contribution in [0.15, 0.2) is 16.9 Å². The third-order valence-electron chi connectivity index (χ3n) is 3.57. The molecule has 1 rings (SSSR count). The van der Waals surface area contributed by atoms with Gasteiger partial charge in [0, 0.05) is 22.8 Å². The SMILES string of the molecule is CC(C)(C)[Si](C)(C)OCCc1c(F)cncc1Br. The molecular formula is C13H21BrFNOSi. The Bertz CT molecular complexity index is 398. The van der Waals surface area contributed by atoms with Crippen LogP contribution >= 0.6 is 15.9 Å². The van der Waals surface area contributed by atoms with Crippen LogP contribution in [-0.4, -0.2) is 19.9 Å². The van der Waals surface area contributed by atoms with Gasteiger partial charge in [-0.2, -0.15) is 0 Å². The summed E-state index contributed by atoms with van der Waals surface area (Å²) < 4.78 is 20.3. The Hall–Kier alpha value is -0.263. The van der Waals surface area contributed by atoms with Gasteiger partial charge in [0.25, 0.3) is 0 Å². The summed E-state index contributed by atoms with van der Waals surface area (Å²) in [6.45, 7) is 11.5. The first-order valence-electron chi connectivity index (χ1n) is 6.07. The van der Waals surface area contributed by atoms with Gasteiger partial charge in [-0.15, -0.1) is 0 Å². The Morgan fingerprint density at radius 3 is 2.44 bits per heavy atom. The van der Waals surface area contributed by atoms with Crippen LogP contribution in [0.2, 0.25) is 18.1 Å². The highest BCUT2D eigenvalue weighted by Crippen LogP contribution is 2.36. The summed E-state index contributed by atoms with van der Waals surface area (Å²) in [4.78, 5) is 3.79. The lowest BCUT2D eigenvalue weighted by atomic mass is 10.2. The molecular weight excluding hydrogens is 313 g/mol. The molecule has 0 saturated heterocycles. The molecule has 0 atom stereocenters. The first kappa shape index (κ1) is 15.8. The van der Waals surface area contributed by atoms with E-state index in [9.17, 15) is 4.39 Å². The highest BCUT2D eigenvalue weighted by molar-refractivity contribution is 9.10. The van der Waals surface area contributed by atoms with Crippen LogP contribution in [0, 0.1) is 5.82 Å². The van der Waals surface area contributed by atoms with Crippen molar-refractivity contribution in [3.8, 4) is 0 Å². The third-order valence-corrected chi connectivity index (χ3v) is 8.80. The standard InChI is InChI=1S/C13H21BrFNOSi/c1-13(2,3)18(4,5)17-7-6-10-11(14)8-16-9-12(10)15/h8-9H,6-7H2,1-5H3. The average Bonchev–Trinajstić information content (AvgIpc) is 2.20. The molecule has 0 aliphatic heterocycles. The molecule has 0 fully saturated rings. The van der Waals surface area contributed by atoms with Gasteiger partial charge in [-0.05, 0) is 40.5 Å². The Morgan fingerprint density at radius 1 is 1.33 bits per heavy atom. The molecule has 0 bridgehead atoms. The fourth-order valence-corrected chi connectivity index (χ4v) is 2.85. The van der Waals surface area contributed by atoms with E-state index in [2.05, 4.69) is 54.8 Å². The molecule has 1 aromatic heterocycles. The first-order valence-corrected chi connectivity index (χ1v) is 9.77. The Balaban J connectivity index is 2.63. The molecule has 0 amide bonds. The van der Waals surface area contributed by atoms with Crippen molar-refractivity contribution >= 4 is 24.2 Å². The van der Waals surface area contributed by atoms with Crippen molar-refractivity contribution in [1.82, 2.24) is 4.98 Å². The van der Waals surface area contributed by atoms with Crippen molar-refractivity contribution in [2.75, 3.05) is 6.61 Å². The van der Waals surface area contributed by atoms with Crippen LogP contribution in [0.25, 0.3) is 0 Å². The van der Waals surface area contributed by atoms with Gasteiger partial charge < -0.3 is 4.43 Å². The lowest BCUT2D eigenvalue weighted by Gasteiger charge is -2.36. The molecule has 0 aromatic carbocycles. The van der Waals surface area contributed by atoms with Crippen molar-refractivity contribution in [3.05, 3.63) is 28.2 Å². The normalized spacial score (nSPS) is 12.8. The average molecular weight is 334 g/mol. The number of nitrogens with zero attached hydrogens (tertiary/aromatic N) is 1. The molecule has 2 nitrogen and oxygen atoms in total. The van der Waals surface area contributed by atoms with Crippen molar-refractivity contribution in [1.29, 1.82) is 0 Å². The van der Waals surface area contributed by atoms with Crippen LogP contribution in [0.3, 0.4) is 0 Å². The van der Waals surface area contributed by atoms with Crippen LogP contribution in [0.1, 0.15) is 26.3 Å². The highest BCUT2D eigenvalue weighted by Gasteiger charge is 2.36. The maximum Gasteiger partial charge on any atom is 0.191 e. The molecule has 0 aliphatic carbocycles. The molecule has 0 saturated carbocycles. The maximum atomic E-state index is 13.6. The van der Waals surface area contributed by atoms with Crippen LogP contribution < -0.4 is 0 Å². The predicted molar refractivity (Wildman–Crippen MR) is 78.7 cm³/mol. The summed E-state index contributed by atoms with van der Waals surface area (Å²) in [5.41, 5.74) is 0.642. The topological polar surface area (TPSA) is 22.1 Å². The van der Waals surface area contributed by atoms with E-state index in [1.54, 1.807) is 6.20 Å². The Morgan fingerprint density at radius 2 is 1.94 bits per heavy atom. The molecule has 18 heavy (non-hydrogen) atoms. The molecule has 0 unspecified atom stereocenters. The molecule has 102 valence electrons. The number of hydrogen-bond donors (Lipinski definition) is 0. The zero-order valence-corrected chi connectivity index (χ0v) is 14.3. The van der Waals surface area contributed by atoms with E-state index >= 15 is 0 Å². The van der Waals surface area contributed by atoms with Crippen molar-refractivity contribution in [3.63, 3.8) is 0 Å². The number of rotatable bonds is 4. The van der Waals surface area contributed by atoms with E-state index in [0.29, 0.717) is 23.1 Å². The van der Waals surface area contributed by atoms with Gasteiger partial charge in [0.05, 0.1) is 6.20 Å². The molecule has 0 N–H and O–H groups in total. The molecule has 0 spiro atoms. The fourth-order valence-electron chi connectivity index (χ4n) is 1.30. The van der Waals surface area contributed by atoms with E-state index in [-0.39, 0.29) is 10.9 Å². The van der Waals surface area contributed by atoms with E-state index in [0.717, 1.165) is 0 Å². The highest BCUT2D eigenvalue weighted by atomic mass is 79.9. The molecule has 5 heteroatoms. The molecule has 0 radical (unpaired) electrons. The molecule has 1 aromatic rings. The third kappa shape index (κ3) is 3.86. The van der Waals surface area contributed by atoms with Crippen LogP contribution in [0.4, 0.5) is 4.39 Å². The summed E-state index contributed by atoms with van der Waals surface area (Å²) in [5.74, 6) is -0.275. The number of pyridine rings is 1. The quantitative estimate of drug-likeness (QED) is 0.754. The predicted octanol–water partition coefficient (Wildman–Crippen LogP) is 4.55. The number of aromatic nitrogens is 1. The van der Waals surface area contributed by atoms with Crippen molar-refractivity contribution < 1.29 is 8.82 Å². The fraction of sp³-hybridized carbons (Fsp3) is 0.615. The van der Waals surface area contributed by atoms with Gasteiger partial charge in [0.2, 0.25) is 0 Å².